The van der Waals surface area contributed by atoms with Crippen molar-refractivity contribution < 1.29 is 9.90 Å². The molecule has 2 N–H and O–H groups in total. The van der Waals surface area contributed by atoms with Crippen molar-refractivity contribution in [1.29, 1.82) is 0 Å². The molecule has 2 heterocycles. The second kappa shape index (κ2) is 3.29. The van der Waals surface area contributed by atoms with Gasteiger partial charge in [0, 0.05) is 6.20 Å². The van der Waals surface area contributed by atoms with Crippen LogP contribution in [0.1, 0.15) is 10.5 Å². The van der Waals surface area contributed by atoms with E-state index in [1.165, 1.54) is 6.20 Å². The van der Waals surface area contributed by atoms with Gasteiger partial charge in [-0.05, 0) is 12.1 Å². The van der Waals surface area contributed by atoms with Crippen LogP contribution in [-0.2, 0) is 0 Å². The lowest BCUT2D eigenvalue weighted by molar-refractivity contribution is 0.0691. The average molecular weight is 189 g/mol. The molecule has 2 rings (SSSR count). The van der Waals surface area contributed by atoms with Gasteiger partial charge in [0.05, 0.1) is 6.20 Å². The highest BCUT2D eigenvalue weighted by molar-refractivity contribution is 5.85. The van der Waals surface area contributed by atoms with Gasteiger partial charge >= 0.3 is 5.97 Å². The van der Waals surface area contributed by atoms with E-state index in [0.717, 1.165) is 0 Å². The van der Waals surface area contributed by atoms with Crippen LogP contribution in [0.15, 0.2) is 30.6 Å². The predicted molar refractivity (Wildman–Crippen MR) is 48.8 cm³/mol. The minimum atomic E-state index is -1.03. The average Bonchev–Trinajstić information content (AvgIpc) is 2.68. The number of rotatable bonds is 2. The van der Waals surface area contributed by atoms with Crippen molar-refractivity contribution in [3.63, 3.8) is 0 Å². The van der Waals surface area contributed by atoms with Crippen LogP contribution < -0.4 is 0 Å². The normalized spacial score (nSPS) is 10.0. The quantitative estimate of drug-likeness (QED) is 0.743. The van der Waals surface area contributed by atoms with Crippen LogP contribution in [0.5, 0.6) is 0 Å². The summed E-state index contributed by atoms with van der Waals surface area (Å²) in [6.07, 6.45) is 2.89. The van der Waals surface area contributed by atoms with Gasteiger partial charge in [0.2, 0.25) is 0 Å². The number of carboxylic acids is 1. The zero-order valence-corrected chi connectivity index (χ0v) is 7.14. The molecule has 0 unspecified atom stereocenters. The molecule has 0 amide bonds. The fraction of sp³-hybridized carbons (Fsp3) is 0. The molecule has 5 heteroatoms. The summed E-state index contributed by atoms with van der Waals surface area (Å²) in [4.78, 5) is 21.2. The Hall–Kier alpha value is -2.17. The van der Waals surface area contributed by atoms with Gasteiger partial charge in [0.25, 0.3) is 0 Å². The molecule has 0 radical (unpaired) electrons. The number of imidazole rings is 1. The molecule has 0 aromatic carbocycles. The molecule has 70 valence electrons. The van der Waals surface area contributed by atoms with Crippen LogP contribution in [0.25, 0.3) is 11.5 Å². The third-order valence-corrected chi connectivity index (χ3v) is 1.71. The highest BCUT2D eigenvalue weighted by Crippen LogP contribution is 2.11. The number of aromatic carboxylic acids is 1. The minimum Gasteiger partial charge on any atom is -0.477 e. The smallest absolute Gasteiger partial charge is 0.353 e. The first-order valence-electron chi connectivity index (χ1n) is 3.97. The molecule has 0 fully saturated rings. The highest BCUT2D eigenvalue weighted by atomic mass is 16.4. The number of carboxylic acid groups (broad SMARTS) is 1. The van der Waals surface area contributed by atoms with Gasteiger partial charge in [0.15, 0.2) is 5.82 Å². The lowest BCUT2D eigenvalue weighted by Crippen LogP contribution is -1.95. The molecule has 0 bridgehead atoms. The van der Waals surface area contributed by atoms with Crippen molar-refractivity contribution in [2.75, 3.05) is 0 Å². The molecule has 0 aliphatic carbocycles. The Kier molecular flexibility index (Phi) is 1.98. The van der Waals surface area contributed by atoms with E-state index >= 15 is 0 Å². The fourth-order valence-electron chi connectivity index (χ4n) is 1.06. The number of carbonyl (C=O) groups is 1. The van der Waals surface area contributed by atoms with E-state index in [-0.39, 0.29) is 5.69 Å². The summed E-state index contributed by atoms with van der Waals surface area (Å²) in [6, 6.07) is 5.35. The number of hydrogen-bond donors (Lipinski definition) is 2. The molecule has 14 heavy (non-hydrogen) atoms. The first-order valence-corrected chi connectivity index (χ1v) is 3.97. The van der Waals surface area contributed by atoms with Gasteiger partial charge in [-0.15, -0.1) is 0 Å². The second-order valence-corrected chi connectivity index (χ2v) is 2.67. The van der Waals surface area contributed by atoms with Crippen molar-refractivity contribution in [2.24, 2.45) is 0 Å². The van der Waals surface area contributed by atoms with E-state index < -0.39 is 5.97 Å². The van der Waals surface area contributed by atoms with E-state index in [1.54, 1.807) is 18.3 Å². The van der Waals surface area contributed by atoms with Gasteiger partial charge in [0.1, 0.15) is 11.4 Å². The lowest BCUT2D eigenvalue weighted by Gasteiger charge is -1.92. The van der Waals surface area contributed by atoms with Crippen LogP contribution in [0.2, 0.25) is 0 Å². The summed E-state index contributed by atoms with van der Waals surface area (Å²) < 4.78 is 0. The third kappa shape index (κ3) is 1.47. The monoisotopic (exact) mass is 189 g/mol. The standard InChI is InChI=1S/C9H7N3O2/c13-9(14)7-5-11-8(12-7)6-3-1-2-4-10-6/h1-5H,(H,11,12)(H,13,14). The molecule has 0 spiro atoms. The molecule has 0 aliphatic heterocycles. The Morgan fingerprint density at radius 2 is 2.21 bits per heavy atom. The van der Waals surface area contributed by atoms with Crippen molar-refractivity contribution in [2.45, 2.75) is 0 Å². The Morgan fingerprint density at radius 3 is 2.79 bits per heavy atom. The number of nitrogens with zero attached hydrogens (tertiary/aromatic N) is 2. The van der Waals surface area contributed by atoms with Gasteiger partial charge in [-0.25, -0.2) is 9.78 Å². The first-order chi connectivity index (χ1) is 6.77. The highest BCUT2D eigenvalue weighted by Gasteiger charge is 2.08. The Balaban J connectivity index is 2.39. The number of nitrogens with one attached hydrogen (secondary N) is 1. The second-order valence-electron chi connectivity index (χ2n) is 2.67. The number of aromatic amines is 1. The molecule has 0 aliphatic rings. The van der Waals surface area contributed by atoms with Crippen LogP contribution in [-0.4, -0.2) is 26.0 Å². The van der Waals surface area contributed by atoms with Crippen LogP contribution >= 0.6 is 0 Å². The number of aromatic nitrogens is 3. The Labute approximate surface area is 79.5 Å². The minimum absolute atomic E-state index is 0.0608. The molecular weight excluding hydrogens is 182 g/mol. The van der Waals surface area contributed by atoms with Crippen molar-refractivity contribution in [3.05, 3.63) is 36.3 Å². The van der Waals surface area contributed by atoms with Gasteiger partial charge in [-0.1, -0.05) is 6.07 Å². The van der Waals surface area contributed by atoms with E-state index in [0.29, 0.717) is 11.5 Å². The Bertz CT molecular complexity index is 450. The lowest BCUT2D eigenvalue weighted by atomic mass is 10.3. The summed E-state index contributed by atoms with van der Waals surface area (Å²) in [5, 5.41) is 8.65. The molecule has 2 aromatic heterocycles. The SMILES string of the molecule is O=C(O)c1cnc(-c2ccccn2)[nH]1. The first kappa shape index (κ1) is 8.43. The van der Waals surface area contributed by atoms with E-state index in [2.05, 4.69) is 15.0 Å². The largest absolute Gasteiger partial charge is 0.477 e. The molecule has 2 aromatic rings. The molecule has 5 nitrogen and oxygen atoms in total. The molecule has 0 atom stereocenters. The van der Waals surface area contributed by atoms with Crippen LogP contribution in [0, 0.1) is 0 Å². The fourth-order valence-corrected chi connectivity index (χ4v) is 1.06. The summed E-state index contributed by atoms with van der Waals surface area (Å²) in [5.41, 5.74) is 0.686. The van der Waals surface area contributed by atoms with Crippen molar-refractivity contribution >= 4 is 5.97 Å². The molecule has 0 saturated carbocycles. The van der Waals surface area contributed by atoms with Crippen molar-refractivity contribution in [1.82, 2.24) is 15.0 Å². The third-order valence-electron chi connectivity index (χ3n) is 1.71. The summed E-state index contributed by atoms with van der Waals surface area (Å²) in [6.45, 7) is 0. The summed E-state index contributed by atoms with van der Waals surface area (Å²) in [5.74, 6) is -0.567. The van der Waals surface area contributed by atoms with E-state index in [9.17, 15) is 4.79 Å². The number of hydrogen-bond acceptors (Lipinski definition) is 3. The maximum Gasteiger partial charge on any atom is 0.353 e. The molecule has 0 saturated heterocycles. The summed E-state index contributed by atoms with van der Waals surface area (Å²) >= 11 is 0. The van der Waals surface area contributed by atoms with Gasteiger partial charge in [-0.2, -0.15) is 0 Å². The maximum atomic E-state index is 10.6. The van der Waals surface area contributed by atoms with Crippen molar-refractivity contribution in [3.8, 4) is 11.5 Å². The number of pyridine rings is 1. The predicted octanol–water partition coefficient (Wildman–Crippen LogP) is 1.17. The van der Waals surface area contributed by atoms with Gasteiger partial charge in [-0.3, -0.25) is 4.98 Å². The number of H-pyrrole nitrogens is 1. The van der Waals surface area contributed by atoms with Gasteiger partial charge < -0.3 is 10.1 Å². The zero-order chi connectivity index (χ0) is 9.97. The van der Waals surface area contributed by atoms with E-state index in [1.807, 2.05) is 6.07 Å². The Morgan fingerprint density at radius 1 is 1.36 bits per heavy atom. The van der Waals surface area contributed by atoms with E-state index in [4.69, 9.17) is 5.11 Å². The van der Waals surface area contributed by atoms with Crippen LogP contribution in [0.4, 0.5) is 0 Å². The topological polar surface area (TPSA) is 78.9 Å². The summed E-state index contributed by atoms with van der Waals surface area (Å²) in [7, 11) is 0. The zero-order valence-electron chi connectivity index (χ0n) is 7.14. The molecular formula is C9H7N3O2. The van der Waals surface area contributed by atoms with Crippen LogP contribution in [0.3, 0.4) is 0 Å². The maximum absolute atomic E-state index is 10.6.